The summed E-state index contributed by atoms with van der Waals surface area (Å²) in [5, 5.41) is 4.21. The normalized spacial score (nSPS) is 14.6. The molecule has 0 radical (unpaired) electrons. The fourth-order valence-electron chi connectivity index (χ4n) is 1.53. The Morgan fingerprint density at radius 1 is 1.38 bits per heavy atom. The molecular formula is C9H10BrCl2N. The lowest BCUT2D eigenvalue weighted by molar-refractivity contribution is 0.643. The summed E-state index contributed by atoms with van der Waals surface area (Å²) in [7, 11) is 0. The summed E-state index contributed by atoms with van der Waals surface area (Å²) in [4.78, 5) is 0. The van der Waals surface area contributed by atoms with Gasteiger partial charge in [0, 0.05) is 16.0 Å². The minimum Gasteiger partial charge on any atom is -0.312 e. The third kappa shape index (κ3) is 2.38. The van der Waals surface area contributed by atoms with Crippen molar-refractivity contribution in [3.8, 4) is 0 Å². The van der Waals surface area contributed by atoms with Crippen molar-refractivity contribution in [1.29, 1.82) is 0 Å². The van der Waals surface area contributed by atoms with Gasteiger partial charge >= 0.3 is 0 Å². The molecule has 0 aliphatic carbocycles. The molecule has 0 unspecified atom stereocenters. The first-order valence-corrected chi connectivity index (χ1v) is 5.12. The Bertz CT molecular complexity index is 315. The van der Waals surface area contributed by atoms with Crippen LogP contribution in [0.1, 0.15) is 11.1 Å². The second kappa shape index (κ2) is 4.65. The van der Waals surface area contributed by atoms with Crippen LogP contribution in [0, 0.1) is 0 Å². The van der Waals surface area contributed by atoms with Crippen molar-refractivity contribution < 1.29 is 0 Å². The lowest BCUT2D eigenvalue weighted by Gasteiger charge is -2.18. The van der Waals surface area contributed by atoms with E-state index in [1.54, 1.807) is 0 Å². The Kier molecular flexibility index (Phi) is 4.05. The van der Waals surface area contributed by atoms with Gasteiger partial charge in [-0.25, -0.2) is 0 Å². The molecule has 0 saturated carbocycles. The van der Waals surface area contributed by atoms with Gasteiger partial charge in [-0.2, -0.15) is 0 Å². The molecule has 72 valence electrons. The number of hydrogen-bond donors (Lipinski definition) is 1. The molecule has 1 aliphatic rings. The van der Waals surface area contributed by atoms with Crippen molar-refractivity contribution in [2.24, 2.45) is 0 Å². The van der Waals surface area contributed by atoms with E-state index in [1.165, 1.54) is 11.1 Å². The highest BCUT2D eigenvalue weighted by Crippen LogP contribution is 2.27. The zero-order valence-corrected chi connectivity index (χ0v) is 10.1. The van der Waals surface area contributed by atoms with Crippen LogP contribution < -0.4 is 5.32 Å². The smallest absolute Gasteiger partial charge is 0.0452 e. The van der Waals surface area contributed by atoms with E-state index >= 15 is 0 Å². The topological polar surface area (TPSA) is 12.0 Å². The number of benzene rings is 1. The van der Waals surface area contributed by atoms with Gasteiger partial charge in [-0.15, -0.1) is 12.4 Å². The van der Waals surface area contributed by atoms with Gasteiger partial charge in [0.25, 0.3) is 0 Å². The van der Waals surface area contributed by atoms with Crippen LogP contribution in [0.4, 0.5) is 0 Å². The number of hydrogen-bond acceptors (Lipinski definition) is 1. The maximum atomic E-state index is 6.09. The van der Waals surface area contributed by atoms with Crippen molar-refractivity contribution in [1.82, 2.24) is 5.32 Å². The van der Waals surface area contributed by atoms with Crippen LogP contribution in [0.3, 0.4) is 0 Å². The molecule has 0 aromatic heterocycles. The molecule has 0 amide bonds. The Hall–Kier alpha value is 0.240. The number of halogens is 3. The van der Waals surface area contributed by atoms with Gasteiger partial charge in [-0.3, -0.25) is 0 Å². The molecule has 0 saturated heterocycles. The fraction of sp³-hybridized carbons (Fsp3) is 0.333. The predicted molar refractivity (Wildman–Crippen MR) is 61.8 cm³/mol. The van der Waals surface area contributed by atoms with Crippen molar-refractivity contribution in [3.63, 3.8) is 0 Å². The second-order valence-electron chi connectivity index (χ2n) is 2.95. The highest BCUT2D eigenvalue weighted by Gasteiger charge is 2.12. The summed E-state index contributed by atoms with van der Waals surface area (Å²) < 4.78 is 1.06. The van der Waals surface area contributed by atoms with Gasteiger partial charge in [0.05, 0.1) is 0 Å². The molecule has 0 bridgehead atoms. The quantitative estimate of drug-likeness (QED) is 0.771. The van der Waals surface area contributed by atoms with Gasteiger partial charge in [-0.1, -0.05) is 27.5 Å². The molecule has 4 heteroatoms. The predicted octanol–water partition coefficient (Wildman–Crippen LogP) is 3.17. The van der Waals surface area contributed by atoms with E-state index in [2.05, 4.69) is 27.3 Å². The maximum Gasteiger partial charge on any atom is 0.0452 e. The first-order valence-electron chi connectivity index (χ1n) is 3.95. The van der Waals surface area contributed by atoms with Gasteiger partial charge in [0.15, 0.2) is 0 Å². The van der Waals surface area contributed by atoms with Gasteiger partial charge in [-0.05, 0) is 36.2 Å². The lowest BCUT2D eigenvalue weighted by atomic mass is 10.0. The molecule has 1 N–H and O–H groups in total. The van der Waals surface area contributed by atoms with Crippen LogP contribution in [0.2, 0.25) is 5.02 Å². The van der Waals surface area contributed by atoms with E-state index < -0.39 is 0 Å². The number of rotatable bonds is 0. The molecule has 1 heterocycles. The van der Waals surface area contributed by atoms with E-state index in [0.29, 0.717) is 0 Å². The molecule has 0 atom stereocenters. The summed E-state index contributed by atoms with van der Waals surface area (Å²) in [6, 6.07) is 4.10. The minimum atomic E-state index is 0. The summed E-state index contributed by atoms with van der Waals surface area (Å²) in [5.41, 5.74) is 2.62. The summed E-state index contributed by atoms with van der Waals surface area (Å²) in [6.07, 6.45) is 1.04. The first-order chi connectivity index (χ1) is 5.77. The van der Waals surface area contributed by atoms with Crippen LogP contribution in [0.15, 0.2) is 16.6 Å². The third-order valence-electron chi connectivity index (χ3n) is 2.12. The molecule has 0 fully saturated rings. The van der Waals surface area contributed by atoms with Crippen LogP contribution >= 0.6 is 39.9 Å². The largest absolute Gasteiger partial charge is 0.312 e. The highest BCUT2D eigenvalue weighted by molar-refractivity contribution is 9.10. The van der Waals surface area contributed by atoms with Crippen LogP contribution in [0.5, 0.6) is 0 Å². The van der Waals surface area contributed by atoms with Crippen LogP contribution in [-0.2, 0) is 13.0 Å². The molecule has 1 aliphatic heterocycles. The zero-order chi connectivity index (χ0) is 8.55. The number of nitrogens with one attached hydrogen (secondary N) is 1. The Morgan fingerprint density at radius 2 is 2.15 bits per heavy atom. The Morgan fingerprint density at radius 3 is 2.92 bits per heavy atom. The van der Waals surface area contributed by atoms with E-state index in [-0.39, 0.29) is 12.4 Å². The molecule has 1 aromatic rings. The van der Waals surface area contributed by atoms with Crippen LogP contribution in [-0.4, -0.2) is 6.54 Å². The first kappa shape index (κ1) is 11.3. The van der Waals surface area contributed by atoms with E-state index in [0.717, 1.165) is 29.0 Å². The Balaban J connectivity index is 0.000000845. The Labute approximate surface area is 97.4 Å². The van der Waals surface area contributed by atoms with Gasteiger partial charge in [0.1, 0.15) is 0 Å². The third-order valence-corrected chi connectivity index (χ3v) is 2.91. The molecule has 0 spiro atoms. The maximum absolute atomic E-state index is 6.09. The van der Waals surface area contributed by atoms with Crippen molar-refractivity contribution >= 4 is 39.9 Å². The zero-order valence-electron chi connectivity index (χ0n) is 6.94. The average molecular weight is 283 g/mol. The summed E-state index contributed by atoms with van der Waals surface area (Å²) in [6.45, 7) is 1.98. The standard InChI is InChI=1S/C9H9BrClN.ClH/c10-7-3-6-5-12-2-1-8(6)9(11)4-7;/h3-4,12H,1-2,5H2;1H. The van der Waals surface area contributed by atoms with Gasteiger partial charge in [0.2, 0.25) is 0 Å². The SMILES string of the molecule is Cl.Clc1cc(Br)cc2c1CCNC2. The van der Waals surface area contributed by atoms with E-state index in [1.807, 2.05) is 6.07 Å². The fourth-order valence-corrected chi connectivity index (χ4v) is 2.50. The molecule has 1 nitrogen and oxygen atoms in total. The van der Waals surface area contributed by atoms with Crippen LogP contribution in [0.25, 0.3) is 0 Å². The van der Waals surface area contributed by atoms with E-state index in [4.69, 9.17) is 11.6 Å². The molecular weight excluding hydrogens is 273 g/mol. The summed E-state index contributed by atoms with van der Waals surface area (Å²) >= 11 is 9.52. The molecule has 2 rings (SSSR count). The van der Waals surface area contributed by atoms with Crippen molar-refractivity contribution in [3.05, 3.63) is 32.8 Å². The number of fused-ring (bicyclic) bond motifs is 1. The summed E-state index contributed by atoms with van der Waals surface area (Å²) in [5.74, 6) is 0. The lowest BCUT2D eigenvalue weighted by Crippen LogP contribution is -2.23. The highest BCUT2D eigenvalue weighted by atomic mass is 79.9. The van der Waals surface area contributed by atoms with E-state index in [9.17, 15) is 0 Å². The second-order valence-corrected chi connectivity index (χ2v) is 4.27. The minimum absolute atomic E-state index is 0. The van der Waals surface area contributed by atoms with Crippen molar-refractivity contribution in [2.45, 2.75) is 13.0 Å². The molecule has 1 aromatic carbocycles. The average Bonchev–Trinajstić information content (AvgIpc) is 2.04. The van der Waals surface area contributed by atoms with Crippen molar-refractivity contribution in [2.75, 3.05) is 6.54 Å². The molecule has 13 heavy (non-hydrogen) atoms. The monoisotopic (exact) mass is 281 g/mol. The van der Waals surface area contributed by atoms with Gasteiger partial charge < -0.3 is 5.32 Å².